The van der Waals surface area contributed by atoms with Gasteiger partial charge in [-0.3, -0.25) is 4.79 Å². The normalized spacial score (nSPS) is 10.2. The topological polar surface area (TPSA) is 55.1 Å². The van der Waals surface area contributed by atoms with E-state index in [1.807, 2.05) is 24.3 Å². The molecular weight excluding hydrogens is 328 g/mol. The molecule has 0 radical (unpaired) electrons. The van der Waals surface area contributed by atoms with Crippen molar-refractivity contribution < 1.29 is 4.79 Å². The van der Waals surface area contributed by atoms with Crippen LogP contribution in [-0.4, -0.2) is 5.91 Å². The molecule has 5 heteroatoms. The summed E-state index contributed by atoms with van der Waals surface area (Å²) in [7, 11) is 0. The zero-order chi connectivity index (χ0) is 13.8. The molecule has 98 valence electrons. The Hall–Kier alpha value is -1.52. The number of nitrogen functional groups attached to an aromatic ring is 1. The summed E-state index contributed by atoms with van der Waals surface area (Å²) in [5.74, 6) is -0.239. The molecular formula is C14H12BrClN2O. The second-order valence-corrected chi connectivity index (χ2v) is 5.37. The van der Waals surface area contributed by atoms with Crippen molar-refractivity contribution in [1.82, 2.24) is 5.32 Å². The molecule has 3 nitrogen and oxygen atoms in total. The van der Waals surface area contributed by atoms with Crippen molar-refractivity contribution in [2.24, 2.45) is 0 Å². The Kier molecular flexibility index (Phi) is 4.45. The van der Waals surface area contributed by atoms with Gasteiger partial charge < -0.3 is 11.1 Å². The third kappa shape index (κ3) is 3.72. The molecule has 0 aromatic heterocycles. The third-order valence-corrected chi connectivity index (χ3v) is 3.40. The van der Waals surface area contributed by atoms with E-state index in [4.69, 9.17) is 17.3 Å². The van der Waals surface area contributed by atoms with Crippen LogP contribution in [0, 0.1) is 0 Å². The van der Waals surface area contributed by atoms with Crippen LogP contribution in [0.2, 0.25) is 5.02 Å². The van der Waals surface area contributed by atoms with Gasteiger partial charge in [0.05, 0.1) is 10.6 Å². The largest absolute Gasteiger partial charge is 0.399 e. The summed E-state index contributed by atoms with van der Waals surface area (Å²) in [4.78, 5) is 12.0. The Balaban J connectivity index is 2.07. The van der Waals surface area contributed by atoms with Gasteiger partial charge in [-0.2, -0.15) is 0 Å². The molecule has 0 saturated carbocycles. The Bertz CT molecular complexity index is 616. The third-order valence-electron chi connectivity index (χ3n) is 2.58. The fraction of sp³-hybridized carbons (Fsp3) is 0.0714. The average Bonchev–Trinajstić information content (AvgIpc) is 2.39. The van der Waals surface area contributed by atoms with Gasteiger partial charge in [0.2, 0.25) is 0 Å². The van der Waals surface area contributed by atoms with Gasteiger partial charge in [0.25, 0.3) is 5.91 Å². The minimum Gasteiger partial charge on any atom is -0.399 e. The van der Waals surface area contributed by atoms with E-state index in [9.17, 15) is 4.79 Å². The Morgan fingerprint density at radius 1 is 1.26 bits per heavy atom. The maximum atomic E-state index is 12.0. The Morgan fingerprint density at radius 2 is 2.05 bits per heavy atom. The number of rotatable bonds is 3. The summed E-state index contributed by atoms with van der Waals surface area (Å²) in [5.41, 5.74) is 7.55. The lowest BCUT2D eigenvalue weighted by atomic mass is 10.1. The quantitative estimate of drug-likeness (QED) is 0.839. The molecule has 0 aliphatic carbocycles. The van der Waals surface area contributed by atoms with E-state index < -0.39 is 0 Å². The van der Waals surface area contributed by atoms with Gasteiger partial charge in [-0.05, 0) is 35.9 Å². The number of hydrogen-bond donors (Lipinski definition) is 2. The highest BCUT2D eigenvalue weighted by atomic mass is 79.9. The van der Waals surface area contributed by atoms with Crippen molar-refractivity contribution in [3.05, 3.63) is 63.1 Å². The summed E-state index contributed by atoms with van der Waals surface area (Å²) < 4.78 is 0.973. The fourth-order valence-electron chi connectivity index (χ4n) is 1.64. The van der Waals surface area contributed by atoms with E-state index in [1.165, 1.54) is 0 Å². The van der Waals surface area contributed by atoms with Gasteiger partial charge in [-0.1, -0.05) is 39.7 Å². The molecule has 0 unspecified atom stereocenters. The van der Waals surface area contributed by atoms with Crippen molar-refractivity contribution in [1.29, 1.82) is 0 Å². The Labute approximate surface area is 124 Å². The molecule has 0 aliphatic rings. The van der Waals surface area contributed by atoms with E-state index in [0.717, 1.165) is 10.0 Å². The zero-order valence-corrected chi connectivity index (χ0v) is 12.3. The maximum absolute atomic E-state index is 12.0. The molecule has 0 bridgehead atoms. The molecule has 19 heavy (non-hydrogen) atoms. The molecule has 0 aliphatic heterocycles. The number of carbonyl (C=O) groups excluding carboxylic acids is 1. The van der Waals surface area contributed by atoms with Crippen LogP contribution >= 0.6 is 27.5 Å². The van der Waals surface area contributed by atoms with Crippen LogP contribution in [0.4, 0.5) is 5.69 Å². The van der Waals surface area contributed by atoms with Crippen molar-refractivity contribution in [3.63, 3.8) is 0 Å². The standard InChI is InChI=1S/C14H12BrClN2O/c15-10-3-1-2-9(6-10)8-18-14(19)12-7-11(17)4-5-13(12)16/h1-7H,8,17H2,(H,18,19). The minimum atomic E-state index is -0.239. The van der Waals surface area contributed by atoms with E-state index >= 15 is 0 Å². The van der Waals surface area contributed by atoms with E-state index in [0.29, 0.717) is 22.8 Å². The zero-order valence-electron chi connectivity index (χ0n) is 9.99. The average molecular weight is 340 g/mol. The van der Waals surface area contributed by atoms with Gasteiger partial charge in [0, 0.05) is 16.7 Å². The fourth-order valence-corrected chi connectivity index (χ4v) is 2.29. The predicted octanol–water partition coefficient (Wildman–Crippen LogP) is 3.61. The first-order valence-electron chi connectivity index (χ1n) is 5.64. The van der Waals surface area contributed by atoms with Crippen LogP contribution in [0.15, 0.2) is 46.9 Å². The molecule has 0 saturated heterocycles. The van der Waals surface area contributed by atoms with Gasteiger partial charge in [-0.25, -0.2) is 0 Å². The summed E-state index contributed by atoms with van der Waals surface area (Å²) in [6.07, 6.45) is 0. The summed E-state index contributed by atoms with van der Waals surface area (Å²) in [5, 5.41) is 3.20. The van der Waals surface area contributed by atoms with Gasteiger partial charge >= 0.3 is 0 Å². The maximum Gasteiger partial charge on any atom is 0.253 e. The highest BCUT2D eigenvalue weighted by Crippen LogP contribution is 2.19. The van der Waals surface area contributed by atoms with Gasteiger partial charge in [0.15, 0.2) is 0 Å². The predicted molar refractivity (Wildman–Crippen MR) is 81.2 cm³/mol. The number of carbonyl (C=O) groups is 1. The Morgan fingerprint density at radius 3 is 2.79 bits per heavy atom. The molecule has 0 fully saturated rings. The summed E-state index contributed by atoms with van der Waals surface area (Å²) in [6, 6.07) is 12.6. The van der Waals surface area contributed by atoms with Crippen molar-refractivity contribution in [2.45, 2.75) is 6.54 Å². The number of amides is 1. The van der Waals surface area contributed by atoms with Gasteiger partial charge in [0.1, 0.15) is 0 Å². The first-order chi connectivity index (χ1) is 9.06. The van der Waals surface area contributed by atoms with Gasteiger partial charge in [-0.15, -0.1) is 0 Å². The van der Waals surface area contributed by atoms with Crippen molar-refractivity contribution in [3.8, 4) is 0 Å². The minimum absolute atomic E-state index is 0.239. The molecule has 0 atom stereocenters. The lowest BCUT2D eigenvalue weighted by Crippen LogP contribution is -2.23. The van der Waals surface area contributed by atoms with Crippen LogP contribution in [0.5, 0.6) is 0 Å². The van der Waals surface area contributed by atoms with Crippen LogP contribution in [0.3, 0.4) is 0 Å². The highest BCUT2D eigenvalue weighted by Gasteiger charge is 2.10. The van der Waals surface area contributed by atoms with Crippen LogP contribution in [0.25, 0.3) is 0 Å². The van der Waals surface area contributed by atoms with Crippen LogP contribution in [0.1, 0.15) is 15.9 Å². The first-order valence-corrected chi connectivity index (χ1v) is 6.81. The monoisotopic (exact) mass is 338 g/mol. The highest BCUT2D eigenvalue weighted by molar-refractivity contribution is 9.10. The molecule has 2 rings (SSSR count). The lowest BCUT2D eigenvalue weighted by molar-refractivity contribution is 0.0951. The van der Waals surface area contributed by atoms with E-state index in [2.05, 4.69) is 21.2 Å². The first kappa shape index (κ1) is 13.9. The van der Waals surface area contributed by atoms with E-state index in [-0.39, 0.29) is 5.91 Å². The summed E-state index contributed by atoms with van der Waals surface area (Å²) in [6.45, 7) is 0.434. The molecule has 1 amide bonds. The molecule has 0 spiro atoms. The number of benzene rings is 2. The number of nitrogens with two attached hydrogens (primary N) is 1. The van der Waals surface area contributed by atoms with E-state index in [1.54, 1.807) is 18.2 Å². The molecule has 0 heterocycles. The SMILES string of the molecule is Nc1ccc(Cl)c(C(=O)NCc2cccc(Br)c2)c1. The smallest absolute Gasteiger partial charge is 0.253 e. The molecule has 2 aromatic rings. The summed E-state index contributed by atoms with van der Waals surface area (Å²) >= 11 is 9.36. The van der Waals surface area contributed by atoms with Crippen LogP contribution in [-0.2, 0) is 6.54 Å². The van der Waals surface area contributed by atoms with Crippen molar-refractivity contribution >= 4 is 39.1 Å². The number of halogens is 2. The number of anilines is 1. The second kappa shape index (κ2) is 6.08. The number of nitrogens with one attached hydrogen (secondary N) is 1. The molecule has 3 N–H and O–H groups in total. The second-order valence-electron chi connectivity index (χ2n) is 4.05. The number of hydrogen-bond acceptors (Lipinski definition) is 2. The lowest BCUT2D eigenvalue weighted by Gasteiger charge is -2.08. The van der Waals surface area contributed by atoms with Crippen molar-refractivity contribution in [2.75, 3.05) is 5.73 Å². The van der Waals surface area contributed by atoms with Crippen LogP contribution < -0.4 is 11.1 Å². The molecule has 2 aromatic carbocycles.